The number of thioether (sulfide) groups is 1. The molecule has 1 aliphatic heterocycles. The summed E-state index contributed by atoms with van der Waals surface area (Å²) in [5, 5.41) is 2.24. The minimum Gasteiger partial charge on any atom is -0.497 e. The Hall–Kier alpha value is -3.06. The number of carbonyl (C=O) groups excluding carboxylic acids is 3. The van der Waals surface area contributed by atoms with Crippen molar-refractivity contribution < 1.29 is 19.1 Å². The van der Waals surface area contributed by atoms with Crippen LogP contribution in [0.4, 0.5) is 10.5 Å². The molecule has 0 spiro atoms. The summed E-state index contributed by atoms with van der Waals surface area (Å²) >= 11 is 0.819. The number of imide groups is 1. The second kappa shape index (κ2) is 8.09. The van der Waals surface area contributed by atoms with E-state index in [1.54, 1.807) is 43.5 Å². The van der Waals surface area contributed by atoms with Crippen LogP contribution in [-0.2, 0) is 9.59 Å². The molecule has 2 aromatic carbocycles. The Kier molecular flexibility index (Phi) is 5.61. The quantitative estimate of drug-likeness (QED) is 0.799. The number of anilines is 1. The number of hydrogen-bond acceptors (Lipinski definition) is 5. The van der Waals surface area contributed by atoms with Gasteiger partial charge in [-0.25, -0.2) is 0 Å². The Bertz CT molecular complexity index is 939. The lowest BCUT2D eigenvalue weighted by atomic mass is 10.2. The van der Waals surface area contributed by atoms with Crippen molar-refractivity contribution in [1.29, 1.82) is 0 Å². The van der Waals surface area contributed by atoms with E-state index in [-0.39, 0.29) is 11.4 Å². The standard InChI is InChI=1S/C20H18N2O4S/c1-13-5-3-7-15(9-13)21-18(23)12-22-19(24)17(27-20(22)25)11-14-6-4-8-16(10-14)26-2/h3-11H,12H2,1-2H3,(H,21,23)/b17-11+. The Labute approximate surface area is 161 Å². The molecule has 0 radical (unpaired) electrons. The average Bonchev–Trinajstić information content (AvgIpc) is 2.89. The Morgan fingerprint density at radius 1 is 1.19 bits per heavy atom. The summed E-state index contributed by atoms with van der Waals surface area (Å²) in [7, 11) is 1.56. The second-order valence-electron chi connectivity index (χ2n) is 5.96. The molecule has 2 aromatic rings. The summed E-state index contributed by atoms with van der Waals surface area (Å²) in [5.41, 5.74) is 2.36. The fourth-order valence-corrected chi connectivity index (χ4v) is 3.42. The third-order valence-electron chi connectivity index (χ3n) is 3.87. The predicted octanol–water partition coefficient (Wildman–Crippen LogP) is 3.68. The van der Waals surface area contributed by atoms with Gasteiger partial charge in [-0.1, -0.05) is 24.3 Å². The van der Waals surface area contributed by atoms with Crippen LogP contribution in [0, 0.1) is 6.92 Å². The summed E-state index contributed by atoms with van der Waals surface area (Å²) in [4.78, 5) is 38.1. The third-order valence-corrected chi connectivity index (χ3v) is 4.78. The monoisotopic (exact) mass is 382 g/mol. The van der Waals surface area contributed by atoms with E-state index >= 15 is 0 Å². The lowest BCUT2D eigenvalue weighted by Crippen LogP contribution is -2.36. The van der Waals surface area contributed by atoms with E-state index in [0.717, 1.165) is 27.8 Å². The van der Waals surface area contributed by atoms with Crippen molar-refractivity contribution in [2.45, 2.75) is 6.92 Å². The van der Waals surface area contributed by atoms with Gasteiger partial charge in [-0.15, -0.1) is 0 Å². The van der Waals surface area contributed by atoms with Crippen molar-refractivity contribution >= 4 is 40.6 Å². The molecule has 1 heterocycles. The first-order chi connectivity index (χ1) is 13.0. The zero-order chi connectivity index (χ0) is 19.4. The number of hydrogen-bond donors (Lipinski definition) is 1. The van der Waals surface area contributed by atoms with E-state index in [4.69, 9.17) is 4.74 Å². The molecule has 0 aromatic heterocycles. The first kappa shape index (κ1) is 18.7. The van der Waals surface area contributed by atoms with Gasteiger partial charge in [0.1, 0.15) is 12.3 Å². The van der Waals surface area contributed by atoms with E-state index in [9.17, 15) is 14.4 Å². The van der Waals surface area contributed by atoms with Gasteiger partial charge < -0.3 is 10.1 Å². The molecule has 6 nitrogen and oxygen atoms in total. The van der Waals surface area contributed by atoms with Crippen LogP contribution in [0.25, 0.3) is 6.08 Å². The van der Waals surface area contributed by atoms with E-state index in [0.29, 0.717) is 11.4 Å². The van der Waals surface area contributed by atoms with E-state index in [1.165, 1.54) is 0 Å². The maximum atomic E-state index is 12.5. The van der Waals surface area contributed by atoms with Crippen LogP contribution < -0.4 is 10.1 Å². The topological polar surface area (TPSA) is 75.7 Å². The number of aryl methyl sites for hydroxylation is 1. The van der Waals surface area contributed by atoms with Gasteiger partial charge in [0, 0.05) is 5.69 Å². The number of benzene rings is 2. The van der Waals surface area contributed by atoms with Gasteiger partial charge in [0.25, 0.3) is 11.1 Å². The van der Waals surface area contributed by atoms with Gasteiger partial charge in [0.15, 0.2) is 0 Å². The maximum Gasteiger partial charge on any atom is 0.294 e. The molecule has 0 unspecified atom stereocenters. The molecule has 1 fully saturated rings. The predicted molar refractivity (Wildman–Crippen MR) is 105 cm³/mol. The van der Waals surface area contributed by atoms with Gasteiger partial charge in [-0.3, -0.25) is 19.3 Å². The lowest BCUT2D eigenvalue weighted by Gasteiger charge is -2.12. The van der Waals surface area contributed by atoms with Crippen molar-refractivity contribution in [1.82, 2.24) is 4.90 Å². The molecule has 3 rings (SSSR count). The molecule has 1 N–H and O–H groups in total. The fourth-order valence-electron chi connectivity index (χ4n) is 2.59. The molecule has 7 heteroatoms. The van der Waals surface area contributed by atoms with Crippen LogP contribution in [0.15, 0.2) is 53.4 Å². The molecular formula is C20H18N2O4S. The number of amides is 3. The van der Waals surface area contributed by atoms with E-state index < -0.39 is 17.1 Å². The molecule has 1 saturated heterocycles. The van der Waals surface area contributed by atoms with Crippen molar-refractivity contribution in [3.8, 4) is 5.75 Å². The zero-order valence-corrected chi connectivity index (χ0v) is 15.7. The maximum absolute atomic E-state index is 12.5. The molecular weight excluding hydrogens is 364 g/mol. The van der Waals surface area contributed by atoms with Crippen LogP contribution in [0.5, 0.6) is 5.75 Å². The third kappa shape index (κ3) is 4.57. The van der Waals surface area contributed by atoms with Crippen molar-refractivity contribution in [2.75, 3.05) is 19.0 Å². The highest BCUT2D eigenvalue weighted by atomic mass is 32.2. The largest absolute Gasteiger partial charge is 0.497 e. The Balaban J connectivity index is 1.70. The van der Waals surface area contributed by atoms with Crippen LogP contribution in [0.1, 0.15) is 11.1 Å². The van der Waals surface area contributed by atoms with E-state index in [2.05, 4.69) is 5.32 Å². The number of methoxy groups -OCH3 is 1. The van der Waals surface area contributed by atoms with Gasteiger partial charge in [-0.2, -0.15) is 0 Å². The van der Waals surface area contributed by atoms with Gasteiger partial charge in [0.05, 0.1) is 12.0 Å². The van der Waals surface area contributed by atoms with Crippen LogP contribution >= 0.6 is 11.8 Å². The van der Waals surface area contributed by atoms with Crippen molar-refractivity contribution in [2.24, 2.45) is 0 Å². The fraction of sp³-hybridized carbons (Fsp3) is 0.150. The highest BCUT2D eigenvalue weighted by Gasteiger charge is 2.36. The highest BCUT2D eigenvalue weighted by molar-refractivity contribution is 8.18. The zero-order valence-electron chi connectivity index (χ0n) is 14.9. The van der Waals surface area contributed by atoms with Gasteiger partial charge >= 0.3 is 0 Å². The minimum atomic E-state index is -0.479. The molecule has 138 valence electrons. The normalized spacial score (nSPS) is 15.3. The SMILES string of the molecule is COc1cccc(/C=C2/SC(=O)N(CC(=O)Nc3cccc(C)c3)C2=O)c1. The van der Waals surface area contributed by atoms with Crippen LogP contribution in [0.3, 0.4) is 0 Å². The lowest BCUT2D eigenvalue weighted by molar-refractivity contribution is -0.127. The molecule has 1 aliphatic rings. The van der Waals surface area contributed by atoms with Crippen molar-refractivity contribution in [3.05, 3.63) is 64.6 Å². The molecule has 0 aliphatic carbocycles. The molecule has 0 saturated carbocycles. The highest BCUT2D eigenvalue weighted by Crippen LogP contribution is 2.32. The van der Waals surface area contributed by atoms with Gasteiger partial charge in [0.2, 0.25) is 5.91 Å². The van der Waals surface area contributed by atoms with E-state index in [1.807, 2.05) is 25.1 Å². The minimum absolute atomic E-state index is 0.275. The van der Waals surface area contributed by atoms with Gasteiger partial charge in [-0.05, 0) is 60.2 Å². The number of carbonyl (C=O) groups is 3. The van der Waals surface area contributed by atoms with Crippen LogP contribution in [-0.4, -0.2) is 35.6 Å². The molecule has 0 bridgehead atoms. The van der Waals surface area contributed by atoms with Crippen molar-refractivity contribution in [3.63, 3.8) is 0 Å². The smallest absolute Gasteiger partial charge is 0.294 e. The summed E-state index contributed by atoms with van der Waals surface area (Å²) < 4.78 is 5.15. The average molecular weight is 382 g/mol. The Morgan fingerprint density at radius 2 is 1.96 bits per heavy atom. The number of nitrogens with one attached hydrogen (secondary N) is 1. The molecule has 3 amide bonds. The summed E-state index contributed by atoms with van der Waals surface area (Å²) in [5.74, 6) is -0.252. The number of rotatable bonds is 5. The molecule has 0 atom stereocenters. The number of nitrogens with zero attached hydrogens (tertiary/aromatic N) is 1. The summed E-state index contributed by atoms with van der Waals surface area (Å²) in [6.45, 7) is 1.59. The second-order valence-corrected chi connectivity index (χ2v) is 6.96. The summed E-state index contributed by atoms with van der Waals surface area (Å²) in [6, 6.07) is 14.5. The number of ether oxygens (including phenoxy) is 1. The molecule has 27 heavy (non-hydrogen) atoms. The van der Waals surface area contributed by atoms with Crippen LogP contribution in [0.2, 0.25) is 0 Å². The Morgan fingerprint density at radius 3 is 2.70 bits per heavy atom. The first-order valence-corrected chi connectivity index (χ1v) is 9.04. The summed E-state index contributed by atoms with van der Waals surface area (Å²) in [6.07, 6.45) is 1.62. The first-order valence-electron chi connectivity index (χ1n) is 8.22.